The average Bonchev–Trinajstić information content (AvgIpc) is 2.83. The molecule has 3 heteroatoms. The van der Waals surface area contributed by atoms with Gasteiger partial charge in [-0.25, -0.2) is 0 Å². The van der Waals surface area contributed by atoms with E-state index in [9.17, 15) is 0 Å². The molecule has 0 amide bonds. The van der Waals surface area contributed by atoms with Crippen molar-refractivity contribution >= 4 is 0 Å². The van der Waals surface area contributed by atoms with Crippen molar-refractivity contribution in [2.45, 2.75) is 38.1 Å². The van der Waals surface area contributed by atoms with Crippen LogP contribution in [0.2, 0.25) is 0 Å². The predicted molar refractivity (Wildman–Crippen MR) is 68.8 cm³/mol. The number of nitrogens with zero attached hydrogens (tertiary/aromatic N) is 2. The lowest BCUT2D eigenvalue weighted by molar-refractivity contribution is 0.187. The molecule has 2 aliphatic rings. The zero-order valence-electron chi connectivity index (χ0n) is 10.7. The molecule has 94 valence electrons. The smallest absolute Gasteiger partial charge is 0.0116 e. The molecule has 0 bridgehead atoms. The molecule has 2 aliphatic heterocycles. The monoisotopic (exact) mass is 225 g/mol. The summed E-state index contributed by atoms with van der Waals surface area (Å²) in [6.07, 6.45) is 6.86. The van der Waals surface area contributed by atoms with Gasteiger partial charge in [-0.2, -0.15) is 0 Å². The Morgan fingerprint density at radius 1 is 1.19 bits per heavy atom. The van der Waals surface area contributed by atoms with Gasteiger partial charge < -0.3 is 15.1 Å². The zero-order chi connectivity index (χ0) is 11.2. The van der Waals surface area contributed by atoms with Gasteiger partial charge in [0.15, 0.2) is 0 Å². The van der Waals surface area contributed by atoms with Crippen molar-refractivity contribution in [2.75, 3.05) is 46.3 Å². The molecule has 0 aromatic carbocycles. The van der Waals surface area contributed by atoms with Crippen LogP contribution in [-0.4, -0.2) is 62.2 Å². The van der Waals surface area contributed by atoms with Crippen LogP contribution in [0.25, 0.3) is 0 Å². The Morgan fingerprint density at radius 2 is 1.88 bits per heavy atom. The van der Waals surface area contributed by atoms with Crippen LogP contribution in [0.15, 0.2) is 0 Å². The number of hydrogen-bond acceptors (Lipinski definition) is 3. The topological polar surface area (TPSA) is 18.5 Å². The Bertz CT molecular complexity index is 184. The van der Waals surface area contributed by atoms with E-state index in [4.69, 9.17) is 0 Å². The quantitative estimate of drug-likeness (QED) is 0.757. The lowest BCUT2D eigenvalue weighted by Crippen LogP contribution is -2.42. The van der Waals surface area contributed by atoms with Crippen molar-refractivity contribution in [3.8, 4) is 0 Å². The van der Waals surface area contributed by atoms with Gasteiger partial charge in [0.2, 0.25) is 0 Å². The second-order valence-corrected chi connectivity index (χ2v) is 5.36. The molecule has 0 radical (unpaired) electrons. The third-order valence-electron chi connectivity index (χ3n) is 4.12. The van der Waals surface area contributed by atoms with E-state index in [2.05, 4.69) is 22.2 Å². The first-order chi connectivity index (χ1) is 7.86. The Kier molecular flexibility index (Phi) is 5.07. The van der Waals surface area contributed by atoms with Gasteiger partial charge in [-0.3, -0.25) is 0 Å². The Balaban J connectivity index is 1.57. The second-order valence-electron chi connectivity index (χ2n) is 5.36. The lowest BCUT2D eigenvalue weighted by Gasteiger charge is -2.32. The molecule has 2 saturated heterocycles. The SMILES string of the molecule is CN(CCCN1CCCC1)C1CCNCC1. The van der Waals surface area contributed by atoms with Gasteiger partial charge in [0, 0.05) is 6.04 Å². The summed E-state index contributed by atoms with van der Waals surface area (Å²) in [4.78, 5) is 5.20. The van der Waals surface area contributed by atoms with Crippen LogP contribution in [0.1, 0.15) is 32.1 Å². The zero-order valence-corrected chi connectivity index (χ0v) is 10.7. The van der Waals surface area contributed by atoms with E-state index in [1.165, 1.54) is 71.4 Å². The maximum Gasteiger partial charge on any atom is 0.0116 e. The molecule has 1 N–H and O–H groups in total. The third-order valence-corrected chi connectivity index (χ3v) is 4.12. The minimum Gasteiger partial charge on any atom is -0.317 e. The van der Waals surface area contributed by atoms with Gasteiger partial charge in [-0.15, -0.1) is 0 Å². The fourth-order valence-electron chi connectivity index (χ4n) is 2.98. The average molecular weight is 225 g/mol. The lowest BCUT2D eigenvalue weighted by atomic mass is 10.1. The predicted octanol–water partition coefficient (Wildman–Crippen LogP) is 1.16. The summed E-state index contributed by atoms with van der Waals surface area (Å²) in [6, 6.07) is 0.833. The molecule has 0 saturated carbocycles. The highest BCUT2D eigenvalue weighted by molar-refractivity contribution is 4.76. The van der Waals surface area contributed by atoms with Crippen molar-refractivity contribution in [1.29, 1.82) is 0 Å². The van der Waals surface area contributed by atoms with Crippen LogP contribution >= 0.6 is 0 Å². The van der Waals surface area contributed by atoms with Crippen LogP contribution in [0.4, 0.5) is 0 Å². The maximum atomic E-state index is 3.44. The van der Waals surface area contributed by atoms with Crippen LogP contribution in [-0.2, 0) is 0 Å². The molecular weight excluding hydrogens is 198 g/mol. The second kappa shape index (κ2) is 6.58. The molecule has 0 spiro atoms. The molecule has 2 fully saturated rings. The number of likely N-dealkylation sites (tertiary alicyclic amines) is 1. The molecule has 0 aliphatic carbocycles. The van der Waals surface area contributed by atoms with Crippen molar-refractivity contribution < 1.29 is 0 Å². The standard InChI is InChI=1S/C13H27N3/c1-15(13-5-7-14-8-6-13)9-4-12-16-10-2-3-11-16/h13-14H,2-12H2,1H3. The molecule has 0 unspecified atom stereocenters. The summed E-state index contributed by atoms with van der Waals surface area (Å²) in [5, 5.41) is 3.44. The third kappa shape index (κ3) is 3.72. The summed E-state index contributed by atoms with van der Waals surface area (Å²) in [5.41, 5.74) is 0. The highest BCUT2D eigenvalue weighted by atomic mass is 15.2. The van der Waals surface area contributed by atoms with Gasteiger partial charge in [0.1, 0.15) is 0 Å². The minimum atomic E-state index is 0.833. The summed E-state index contributed by atoms with van der Waals surface area (Å²) < 4.78 is 0. The van der Waals surface area contributed by atoms with E-state index < -0.39 is 0 Å². The highest BCUT2D eigenvalue weighted by Gasteiger charge is 2.17. The van der Waals surface area contributed by atoms with E-state index in [1.807, 2.05) is 0 Å². The van der Waals surface area contributed by atoms with Crippen LogP contribution in [0, 0.1) is 0 Å². The Hall–Kier alpha value is -0.120. The number of hydrogen-bond donors (Lipinski definition) is 1. The van der Waals surface area contributed by atoms with Gasteiger partial charge in [-0.1, -0.05) is 0 Å². The maximum absolute atomic E-state index is 3.44. The van der Waals surface area contributed by atoms with E-state index in [1.54, 1.807) is 0 Å². The van der Waals surface area contributed by atoms with Gasteiger partial charge >= 0.3 is 0 Å². The van der Waals surface area contributed by atoms with Crippen molar-refractivity contribution in [3.63, 3.8) is 0 Å². The summed E-state index contributed by atoms with van der Waals surface area (Å²) in [7, 11) is 2.31. The largest absolute Gasteiger partial charge is 0.317 e. The fraction of sp³-hybridized carbons (Fsp3) is 1.00. The van der Waals surface area contributed by atoms with E-state index in [-0.39, 0.29) is 0 Å². The summed E-state index contributed by atoms with van der Waals surface area (Å²) in [5.74, 6) is 0. The summed E-state index contributed by atoms with van der Waals surface area (Å²) >= 11 is 0. The van der Waals surface area contributed by atoms with E-state index >= 15 is 0 Å². The van der Waals surface area contributed by atoms with Gasteiger partial charge in [0.05, 0.1) is 0 Å². The van der Waals surface area contributed by atoms with E-state index in [0.29, 0.717) is 0 Å². The number of piperidine rings is 1. The fourth-order valence-corrected chi connectivity index (χ4v) is 2.98. The highest BCUT2D eigenvalue weighted by Crippen LogP contribution is 2.11. The van der Waals surface area contributed by atoms with Crippen molar-refractivity contribution in [1.82, 2.24) is 15.1 Å². The number of rotatable bonds is 5. The summed E-state index contributed by atoms with van der Waals surface area (Å²) in [6.45, 7) is 7.70. The van der Waals surface area contributed by atoms with Crippen LogP contribution in [0.5, 0.6) is 0 Å². The van der Waals surface area contributed by atoms with Gasteiger partial charge in [0.25, 0.3) is 0 Å². The van der Waals surface area contributed by atoms with Crippen LogP contribution < -0.4 is 5.32 Å². The first kappa shape index (κ1) is 12.3. The molecule has 2 heterocycles. The Morgan fingerprint density at radius 3 is 2.56 bits per heavy atom. The number of nitrogens with one attached hydrogen (secondary N) is 1. The molecule has 3 nitrogen and oxygen atoms in total. The molecule has 2 rings (SSSR count). The normalized spacial score (nSPS) is 24.4. The van der Waals surface area contributed by atoms with Crippen molar-refractivity contribution in [3.05, 3.63) is 0 Å². The first-order valence-corrected chi connectivity index (χ1v) is 6.99. The molecular formula is C13H27N3. The van der Waals surface area contributed by atoms with Crippen molar-refractivity contribution in [2.24, 2.45) is 0 Å². The Labute approximate surface area is 100 Å². The molecule has 0 aromatic heterocycles. The van der Waals surface area contributed by atoms with E-state index in [0.717, 1.165) is 6.04 Å². The minimum absolute atomic E-state index is 0.833. The van der Waals surface area contributed by atoms with Gasteiger partial charge in [-0.05, 0) is 78.4 Å². The molecule has 0 aromatic rings. The molecule has 0 atom stereocenters. The first-order valence-electron chi connectivity index (χ1n) is 6.99. The van der Waals surface area contributed by atoms with Crippen LogP contribution in [0.3, 0.4) is 0 Å². The molecule has 16 heavy (non-hydrogen) atoms.